The van der Waals surface area contributed by atoms with Gasteiger partial charge in [-0.25, -0.2) is 0 Å². The molecule has 66 heavy (non-hydrogen) atoms. The van der Waals surface area contributed by atoms with Crippen LogP contribution < -0.4 is 5.32 Å². The maximum Gasteiger partial charge on any atom is 0.249 e. The maximum absolute atomic E-state index is 12.6. The molecule has 0 aromatic rings. The Labute approximate surface area is 413 Å². The van der Waals surface area contributed by atoms with Crippen LogP contribution in [0.15, 0.2) is 24.3 Å². The van der Waals surface area contributed by atoms with Crippen molar-refractivity contribution >= 4 is 5.91 Å². The average Bonchev–Trinajstić information content (AvgIpc) is 3.32. The van der Waals surface area contributed by atoms with Crippen LogP contribution in [0.3, 0.4) is 0 Å². The third kappa shape index (κ3) is 50.7. The fraction of sp³-hybridized carbons (Fsp3) is 0.918. The molecule has 5 nitrogen and oxygen atoms in total. The van der Waals surface area contributed by atoms with E-state index in [9.17, 15) is 20.1 Å². The first-order valence-electron chi connectivity index (χ1n) is 30.2. The van der Waals surface area contributed by atoms with Crippen LogP contribution in [0.25, 0.3) is 0 Å². The second kappa shape index (κ2) is 56.4. The topological polar surface area (TPSA) is 89.8 Å². The Morgan fingerprint density at radius 2 is 0.606 bits per heavy atom. The molecule has 3 unspecified atom stereocenters. The summed E-state index contributed by atoms with van der Waals surface area (Å²) in [7, 11) is 0. The number of amides is 1. The first kappa shape index (κ1) is 64.8. The van der Waals surface area contributed by atoms with Crippen molar-refractivity contribution in [2.75, 3.05) is 6.61 Å². The molecule has 5 heteroatoms. The van der Waals surface area contributed by atoms with Crippen LogP contribution in [0, 0.1) is 0 Å². The number of nitrogens with one attached hydrogen (secondary N) is 1. The zero-order chi connectivity index (χ0) is 47.9. The van der Waals surface area contributed by atoms with Gasteiger partial charge >= 0.3 is 0 Å². The maximum atomic E-state index is 12.6. The summed E-state index contributed by atoms with van der Waals surface area (Å²) in [6.07, 6.45) is 72.7. The van der Waals surface area contributed by atoms with Crippen molar-refractivity contribution in [3.8, 4) is 0 Å². The minimum Gasteiger partial charge on any atom is -0.394 e. The monoisotopic (exact) mass is 930 g/mol. The van der Waals surface area contributed by atoms with Gasteiger partial charge in [-0.3, -0.25) is 4.79 Å². The van der Waals surface area contributed by atoms with Gasteiger partial charge in [-0.05, 0) is 44.9 Å². The highest BCUT2D eigenvalue weighted by Gasteiger charge is 2.22. The van der Waals surface area contributed by atoms with Gasteiger partial charge in [-0.15, -0.1) is 0 Å². The summed E-state index contributed by atoms with van der Waals surface area (Å²) in [6.45, 7) is 4.23. The number of aliphatic hydroxyl groups excluding tert-OH is 3. The number of allylic oxidation sites excluding steroid dienone is 3. The minimum atomic E-state index is -1.10. The molecule has 0 saturated carbocycles. The number of aliphatic hydroxyl groups is 3. The number of carbonyl (C=O) groups is 1. The van der Waals surface area contributed by atoms with Crippen LogP contribution in [-0.4, -0.2) is 46.1 Å². The highest BCUT2D eigenvalue weighted by molar-refractivity contribution is 5.80. The van der Waals surface area contributed by atoms with Gasteiger partial charge in [0.05, 0.1) is 18.8 Å². The highest BCUT2D eigenvalue weighted by Crippen LogP contribution is 2.18. The highest BCUT2D eigenvalue weighted by atomic mass is 16.3. The molecule has 0 aliphatic rings. The van der Waals surface area contributed by atoms with Crippen molar-refractivity contribution in [3.63, 3.8) is 0 Å². The van der Waals surface area contributed by atoms with Gasteiger partial charge in [-0.2, -0.15) is 0 Å². The van der Waals surface area contributed by atoms with E-state index in [1.165, 1.54) is 283 Å². The second-order valence-electron chi connectivity index (χ2n) is 20.9. The molecule has 0 bridgehead atoms. The summed E-state index contributed by atoms with van der Waals surface area (Å²) in [5.74, 6) is -0.497. The molecule has 1 amide bonds. The summed E-state index contributed by atoms with van der Waals surface area (Å²) in [5.41, 5.74) is 0. The summed E-state index contributed by atoms with van der Waals surface area (Å²) < 4.78 is 0. The summed E-state index contributed by atoms with van der Waals surface area (Å²) in [6, 6.07) is -0.797. The Kier molecular flexibility index (Phi) is 55.4. The van der Waals surface area contributed by atoms with Crippen LogP contribution in [-0.2, 0) is 4.79 Å². The summed E-state index contributed by atoms with van der Waals surface area (Å²) >= 11 is 0. The zero-order valence-corrected chi connectivity index (χ0v) is 44.9. The lowest BCUT2D eigenvalue weighted by molar-refractivity contribution is -0.131. The predicted octanol–water partition coefficient (Wildman–Crippen LogP) is 18.8. The van der Waals surface area contributed by atoms with Crippen LogP contribution in [0.2, 0.25) is 0 Å². The minimum absolute atomic E-state index is 0.360. The summed E-state index contributed by atoms with van der Waals surface area (Å²) in [5, 5.41) is 33.4. The largest absolute Gasteiger partial charge is 0.394 e. The van der Waals surface area contributed by atoms with Crippen molar-refractivity contribution in [2.24, 2.45) is 0 Å². The van der Waals surface area contributed by atoms with Gasteiger partial charge in [0.1, 0.15) is 6.10 Å². The van der Waals surface area contributed by atoms with Gasteiger partial charge in [0.25, 0.3) is 0 Å². The number of hydrogen-bond acceptors (Lipinski definition) is 4. The van der Waals surface area contributed by atoms with E-state index in [-0.39, 0.29) is 6.61 Å². The number of hydrogen-bond donors (Lipinski definition) is 4. The van der Waals surface area contributed by atoms with Crippen molar-refractivity contribution in [1.82, 2.24) is 5.32 Å². The van der Waals surface area contributed by atoms with E-state index in [0.29, 0.717) is 6.42 Å². The van der Waals surface area contributed by atoms with Crippen molar-refractivity contribution in [2.45, 2.75) is 353 Å². The fourth-order valence-corrected chi connectivity index (χ4v) is 9.60. The van der Waals surface area contributed by atoms with E-state index in [1.807, 2.05) is 6.08 Å². The lowest BCUT2D eigenvalue weighted by Crippen LogP contribution is -2.48. The lowest BCUT2D eigenvalue weighted by atomic mass is 10.0. The molecule has 4 N–H and O–H groups in total. The van der Waals surface area contributed by atoms with Gasteiger partial charge in [-0.1, -0.05) is 314 Å². The molecule has 0 spiro atoms. The Hall–Kier alpha value is -1.17. The van der Waals surface area contributed by atoms with Crippen LogP contribution >= 0.6 is 0 Å². The molecule has 0 aromatic heterocycles. The van der Waals surface area contributed by atoms with Crippen molar-refractivity contribution in [1.29, 1.82) is 0 Å². The fourth-order valence-electron chi connectivity index (χ4n) is 9.60. The molecular formula is C61H119NO4. The normalized spacial score (nSPS) is 13.3. The molecule has 0 fully saturated rings. The first-order chi connectivity index (χ1) is 32.6. The molecule has 0 rings (SSSR count). The quantitative estimate of drug-likeness (QED) is 0.0361. The number of carbonyl (C=O) groups excluding carboxylic acids is 1. The van der Waals surface area contributed by atoms with E-state index in [4.69, 9.17) is 0 Å². The molecule has 392 valence electrons. The van der Waals surface area contributed by atoms with E-state index >= 15 is 0 Å². The zero-order valence-electron chi connectivity index (χ0n) is 44.9. The lowest BCUT2D eigenvalue weighted by Gasteiger charge is -2.21. The average molecular weight is 931 g/mol. The van der Waals surface area contributed by atoms with Gasteiger partial charge < -0.3 is 20.6 Å². The number of unbranched alkanes of at least 4 members (excludes halogenated alkanes) is 46. The molecule has 0 aliphatic carbocycles. The Bertz CT molecular complexity index is 982. The van der Waals surface area contributed by atoms with Crippen LogP contribution in [0.1, 0.15) is 335 Å². The molecular weight excluding hydrogens is 811 g/mol. The van der Waals surface area contributed by atoms with E-state index in [1.54, 1.807) is 6.08 Å². The van der Waals surface area contributed by atoms with Crippen molar-refractivity contribution in [3.05, 3.63) is 24.3 Å². The van der Waals surface area contributed by atoms with Crippen molar-refractivity contribution < 1.29 is 20.1 Å². The Balaban J connectivity index is 3.53. The van der Waals surface area contributed by atoms with Crippen LogP contribution in [0.4, 0.5) is 0 Å². The summed E-state index contributed by atoms with van der Waals surface area (Å²) in [4.78, 5) is 12.6. The molecule has 0 aliphatic heterocycles. The molecule has 0 radical (unpaired) electrons. The SMILES string of the molecule is CCCCCCCCCCCCCC/C=C\CCCCCCCCCCCCCCCCC(O)C(=O)NC(CO)C(O)/C=C/CCCCCCCCCCCCCCCCCCCCCC. The third-order valence-electron chi connectivity index (χ3n) is 14.3. The third-order valence-corrected chi connectivity index (χ3v) is 14.3. The molecule has 0 heterocycles. The van der Waals surface area contributed by atoms with E-state index < -0.39 is 24.2 Å². The van der Waals surface area contributed by atoms with E-state index in [2.05, 4.69) is 31.3 Å². The Morgan fingerprint density at radius 3 is 0.879 bits per heavy atom. The van der Waals surface area contributed by atoms with Gasteiger partial charge in [0, 0.05) is 0 Å². The first-order valence-corrected chi connectivity index (χ1v) is 30.2. The smallest absolute Gasteiger partial charge is 0.249 e. The predicted molar refractivity (Wildman–Crippen MR) is 292 cm³/mol. The van der Waals surface area contributed by atoms with Gasteiger partial charge in [0.2, 0.25) is 5.91 Å². The molecule has 0 saturated heterocycles. The van der Waals surface area contributed by atoms with Gasteiger partial charge in [0.15, 0.2) is 0 Å². The molecule has 3 atom stereocenters. The second-order valence-corrected chi connectivity index (χ2v) is 20.9. The standard InChI is InChI=1S/C61H119NO4/c1-3-5-7-9-11-13-15-17-19-21-23-25-27-28-29-30-31-32-33-34-36-38-40-42-44-46-48-50-52-54-56-60(65)61(66)62-58(57-63)59(64)55-53-51-49-47-45-43-41-39-37-35-26-24-22-20-18-16-14-12-10-8-6-4-2/h28-29,53,55,58-60,63-65H,3-27,30-52,54,56-57H2,1-2H3,(H,62,66)/b29-28-,55-53+. The van der Waals surface area contributed by atoms with E-state index in [0.717, 1.165) is 32.1 Å². The van der Waals surface area contributed by atoms with Crippen LogP contribution in [0.5, 0.6) is 0 Å². The Morgan fingerprint density at radius 1 is 0.364 bits per heavy atom. The number of rotatable bonds is 56. The molecule has 0 aromatic carbocycles.